The summed E-state index contributed by atoms with van der Waals surface area (Å²) < 4.78 is 45.4. The normalized spacial score (nSPS) is 16.3. The molecule has 2 aromatic rings. The third-order valence-electron chi connectivity index (χ3n) is 5.24. The van der Waals surface area contributed by atoms with Crippen LogP contribution in [0, 0.1) is 11.3 Å². The number of ether oxygens (including phenoxy) is 1. The fourth-order valence-electron chi connectivity index (χ4n) is 3.61. The van der Waals surface area contributed by atoms with Crippen molar-refractivity contribution in [1.29, 1.82) is 5.26 Å². The number of hydrogen-bond donors (Lipinski definition) is 1. The molecule has 0 spiro atoms. The van der Waals surface area contributed by atoms with Crippen LogP contribution in [0.1, 0.15) is 21.5 Å². The highest BCUT2D eigenvalue weighted by atomic mass is 19.4. The van der Waals surface area contributed by atoms with Gasteiger partial charge in [-0.3, -0.25) is 14.6 Å². The van der Waals surface area contributed by atoms with Crippen molar-refractivity contribution in [2.45, 2.75) is 12.2 Å². The van der Waals surface area contributed by atoms with Gasteiger partial charge in [0, 0.05) is 44.8 Å². The molecule has 8 nitrogen and oxygen atoms in total. The lowest BCUT2D eigenvalue weighted by molar-refractivity contribution is -0.137. The standard InChI is InChI=1S/C22H22F3N5O3/c1-33-10-7-28-20(31)19-14-29(21(32)16-3-2-6-27-13-16)8-9-30(19)17-5-4-15(12-26)18(11-17)22(23,24)25/h2-6,11,13,19H,7-10,14H2,1H3,(H,28,31). The molecule has 1 N–H and O–H groups in total. The van der Waals surface area contributed by atoms with Gasteiger partial charge in [0.05, 0.1) is 35.9 Å². The maximum Gasteiger partial charge on any atom is 0.417 e. The van der Waals surface area contributed by atoms with Gasteiger partial charge >= 0.3 is 6.18 Å². The number of aromatic nitrogens is 1. The monoisotopic (exact) mass is 461 g/mol. The van der Waals surface area contributed by atoms with Crippen LogP contribution in [0.4, 0.5) is 18.9 Å². The predicted molar refractivity (Wildman–Crippen MR) is 112 cm³/mol. The van der Waals surface area contributed by atoms with Crippen LogP contribution in [0.2, 0.25) is 0 Å². The molecular weight excluding hydrogens is 439 g/mol. The van der Waals surface area contributed by atoms with Crippen molar-refractivity contribution < 1.29 is 27.5 Å². The Bertz CT molecular complexity index is 1040. The molecule has 1 aromatic heterocycles. The number of amides is 2. The van der Waals surface area contributed by atoms with E-state index in [-0.39, 0.29) is 44.4 Å². The van der Waals surface area contributed by atoms with Gasteiger partial charge in [0.15, 0.2) is 0 Å². The summed E-state index contributed by atoms with van der Waals surface area (Å²) in [6, 6.07) is 7.17. The number of nitriles is 1. The van der Waals surface area contributed by atoms with Gasteiger partial charge in [-0.25, -0.2) is 0 Å². The summed E-state index contributed by atoms with van der Waals surface area (Å²) in [7, 11) is 1.47. The van der Waals surface area contributed by atoms with E-state index in [9.17, 15) is 22.8 Å². The molecule has 1 atom stereocenters. The Labute approximate surface area is 188 Å². The number of nitrogens with one attached hydrogen (secondary N) is 1. The van der Waals surface area contributed by atoms with Crippen molar-refractivity contribution >= 4 is 17.5 Å². The van der Waals surface area contributed by atoms with Crippen LogP contribution in [0.15, 0.2) is 42.7 Å². The lowest BCUT2D eigenvalue weighted by Gasteiger charge is -2.42. The topological polar surface area (TPSA) is 98.6 Å². The summed E-state index contributed by atoms with van der Waals surface area (Å²) >= 11 is 0. The number of nitrogens with zero attached hydrogens (tertiary/aromatic N) is 4. The number of alkyl halides is 3. The van der Waals surface area contributed by atoms with Crippen molar-refractivity contribution in [3.05, 3.63) is 59.4 Å². The summed E-state index contributed by atoms with van der Waals surface area (Å²) in [6.07, 6.45) is -1.78. The molecule has 2 heterocycles. The highest BCUT2D eigenvalue weighted by molar-refractivity contribution is 5.95. The molecule has 0 saturated carbocycles. The number of anilines is 1. The molecule has 0 aliphatic carbocycles. The average molecular weight is 461 g/mol. The molecule has 1 saturated heterocycles. The largest absolute Gasteiger partial charge is 0.417 e. The highest BCUT2D eigenvalue weighted by Gasteiger charge is 2.38. The van der Waals surface area contributed by atoms with Crippen LogP contribution < -0.4 is 10.2 Å². The van der Waals surface area contributed by atoms with E-state index in [1.165, 1.54) is 35.4 Å². The minimum Gasteiger partial charge on any atom is -0.383 e. The molecule has 1 fully saturated rings. The fourth-order valence-corrected chi connectivity index (χ4v) is 3.61. The first-order valence-corrected chi connectivity index (χ1v) is 10.1. The Morgan fingerprint density at radius 2 is 2.09 bits per heavy atom. The zero-order valence-electron chi connectivity index (χ0n) is 17.8. The second-order valence-electron chi connectivity index (χ2n) is 7.33. The van der Waals surface area contributed by atoms with Crippen LogP contribution in [0.5, 0.6) is 0 Å². The summed E-state index contributed by atoms with van der Waals surface area (Å²) in [5.74, 6) is -0.776. The molecule has 3 rings (SSSR count). The number of hydrogen-bond acceptors (Lipinski definition) is 6. The summed E-state index contributed by atoms with van der Waals surface area (Å²) in [6.45, 7) is 0.742. The number of benzene rings is 1. The van der Waals surface area contributed by atoms with E-state index in [4.69, 9.17) is 10.00 Å². The van der Waals surface area contributed by atoms with E-state index < -0.39 is 29.3 Å². The molecule has 1 unspecified atom stereocenters. The molecule has 0 radical (unpaired) electrons. The third kappa shape index (κ3) is 5.59. The first-order valence-electron chi connectivity index (χ1n) is 10.1. The zero-order chi connectivity index (χ0) is 24.0. The van der Waals surface area contributed by atoms with Crippen molar-refractivity contribution in [2.24, 2.45) is 0 Å². The van der Waals surface area contributed by atoms with Gasteiger partial charge < -0.3 is 19.9 Å². The Morgan fingerprint density at radius 1 is 1.30 bits per heavy atom. The number of rotatable bonds is 6. The molecule has 1 aromatic carbocycles. The first kappa shape index (κ1) is 24.0. The molecule has 1 aliphatic rings. The van der Waals surface area contributed by atoms with Gasteiger partial charge in [-0.1, -0.05) is 0 Å². The fraction of sp³-hybridized carbons (Fsp3) is 0.364. The molecular formula is C22H22F3N5O3. The maximum atomic E-state index is 13.5. The Morgan fingerprint density at radius 3 is 2.73 bits per heavy atom. The van der Waals surface area contributed by atoms with Crippen LogP contribution in [-0.4, -0.2) is 67.6 Å². The number of halogens is 3. The smallest absolute Gasteiger partial charge is 0.383 e. The first-order chi connectivity index (χ1) is 15.8. The van der Waals surface area contributed by atoms with Crippen molar-refractivity contribution in [3.8, 4) is 6.07 Å². The molecule has 1 aliphatic heterocycles. The van der Waals surface area contributed by atoms with Crippen LogP contribution in [-0.2, 0) is 15.7 Å². The number of carbonyl (C=O) groups excluding carboxylic acids is 2. The van der Waals surface area contributed by atoms with Gasteiger partial charge in [0.1, 0.15) is 6.04 Å². The zero-order valence-corrected chi connectivity index (χ0v) is 17.8. The number of pyridine rings is 1. The Kier molecular flexibility index (Phi) is 7.50. The third-order valence-corrected chi connectivity index (χ3v) is 5.24. The van der Waals surface area contributed by atoms with Crippen LogP contribution in [0.3, 0.4) is 0 Å². The number of piperazine rings is 1. The van der Waals surface area contributed by atoms with Gasteiger partial charge in [-0.15, -0.1) is 0 Å². The maximum absolute atomic E-state index is 13.5. The van der Waals surface area contributed by atoms with E-state index in [0.29, 0.717) is 5.56 Å². The lowest BCUT2D eigenvalue weighted by atomic mass is 10.0. The molecule has 11 heteroatoms. The van der Waals surface area contributed by atoms with E-state index in [2.05, 4.69) is 10.3 Å². The van der Waals surface area contributed by atoms with Crippen LogP contribution >= 0.6 is 0 Å². The number of methoxy groups -OCH3 is 1. The van der Waals surface area contributed by atoms with E-state index in [1.54, 1.807) is 18.2 Å². The van der Waals surface area contributed by atoms with Gasteiger partial charge in [-0.2, -0.15) is 18.4 Å². The second kappa shape index (κ2) is 10.3. The van der Waals surface area contributed by atoms with Crippen molar-refractivity contribution in [1.82, 2.24) is 15.2 Å². The average Bonchev–Trinajstić information content (AvgIpc) is 2.83. The SMILES string of the molecule is COCCNC(=O)C1CN(C(=O)c2cccnc2)CCN1c1ccc(C#N)c(C(F)(F)F)c1. The van der Waals surface area contributed by atoms with E-state index >= 15 is 0 Å². The molecule has 0 bridgehead atoms. The molecule has 2 amide bonds. The molecule has 174 valence electrons. The number of carbonyl (C=O) groups is 2. The summed E-state index contributed by atoms with van der Waals surface area (Å²) in [5.41, 5.74) is -1.09. The van der Waals surface area contributed by atoms with Crippen molar-refractivity contribution in [3.63, 3.8) is 0 Å². The Balaban J connectivity index is 1.91. The quantitative estimate of drug-likeness (QED) is 0.662. The minimum absolute atomic E-state index is 0.0338. The van der Waals surface area contributed by atoms with Crippen molar-refractivity contribution in [2.75, 3.05) is 44.8 Å². The van der Waals surface area contributed by atoms with E-state index in [1.807, 2.05) is 0 Å². The summed E-state index contributed by atoms with van der Waals surface area (Å²) in [4.78, 5) is 32.7. The highest BCUT2D eigenvalue weighted by Crippen LogP contribution is 2.35. The summed E-state index contributed by atoms with van der Waals surface area (Å²) in [5, 5.41) is 11.7. The van der Waals surface area contributed by atoms with Crippen LogP contribution in [0.25, 0.3) is 0 Å². The van der Waals surface area contributed by atoms with E-state index in [0.717, 1.165) is 12.1 Å². The van der Waals surface area contributed by atoms with Gasteiger partial charge in [0.2, 0.25) is 5.91 Å². The molecule has 33 heavy (non-hydrogen) atoms. The second-order valence-corrected chi connectivity index (χ2v) is 7.33. The minimum atomic E-state index is -4.73. The Hall–Kier alpha value is -3.65. The lowest BCUT2D eigenvalue weighted by Crippen LogP contribution is -2.60. The van der Waals surface area contributed by atoms with Gasteiger partial charge in [0.25, 0.3) is 5.91 Å². The van der Waals surface area contributed by atoms with Gasteiger partial charge in [-0.05, 0) is 30.3 Å². The predicted octanol–water partition coefficient (Wildman–Crippen LogP) is 2.07.